The number of nitrogens with zero attached hydrogens (tertiary/aromatic N) is 5. The second kappa shape index (κ2) is 10.6. The minimum Gasteiger partial charge on any atom is -0.471 e. The zero-order valence-electron chi connectivity index (χ0n) is 23.0. The number of amides is 2. The average molecular weight is 555 g/mol. The van der Waals surface area contributed by atoms with E-state index >= 15 is 0 Å². The van der Waals surface area contributed by atoms with E-state index in [1.807, 2.05) is 69.6 Å². The molecular weight excluding hydrogens is 524 g/mol. The Balaban J connectivity index is 1.16. The molecule has 1 N–H and O–H groups in total. The van der Waals surface area contributed by atoms with Crippen LogP contribution >= 0.6 is 0 Å². The molecule has 0 unspecified atom stereocenters. The maximum Gasteiger partial charge on any atom is 0.410 e. The van der Waals surface area contributed by atoms with Gasteiger partial charge in [-0.3, -0.25) is 9.48 Å². The fraction of sp³-hybridized carbons (Fsp3) is 0.300. The molecule has 6 rings (SSSR count). The molecule has 5 heterocycles. The number of hydrogen-bond donors (Lipinski definition) is 1. The van der Waals surface area contributed by atoms with Crippen LogP contribution in [0.3, 0.4) is 0 Å². The maximum absolute atomic E-state index is 13.5. The van der Waals surface area contributed by atoms with Crippen molar-refractivity contribution in [2.75, 3.05) is 18.4 Å². The maximum atomic E-state index is 13.5. The molecular formula is C30H30N6O5. The molecule has 0 aliphatic carbocycles. The van der Waals surface area contributed by atoms with Gasteiger partial charge in [-0.1, -0.05) is 36.4 Å². The minimum absolute atomic E-state index is 0.143. The smallest absolute Gasteiger partial charge is 0.410 e. The van der Waals surface area contributed by atoms with Gasteiger partial charge in [0.2, 0.25) is 11.8 Å². The Labute approximate surface area is 237 Å². The van der Waals surface area contributed by atoms with Crippen molar-refractivity contribution in [1.82, 2.24) is 24.6 Å². The van der Waals surface area contributed by atoms with E-state index in [2.05, 4.69) is 20.4 Å². The van der Waals surface area contributed by atoms with Gasteiger partial charge in [0.05, 0.1) is 25.0 Å². The van der Waals surface area contributed by atoms with Crippen molar-refractivity contribution in [2.24, 2.45) is 7.05 Å². The van der Waals surface area contributed by atoms with Gasteiger partial charge in [0, 0.05) is 30.8 Å². The first kappa shape index (κ1) is 26.3. The molecule has 1 saturated heterocycles. The first-order valence-electron chi connectivity index (χ1n) is 13.3. The Morgan fingerprint density at radius 3 is 2.66 bits per heavy atom. The topological polar surface area (TPSA) is 121 Å². The van der Waals surface area contributed by atoms with Gasteiger partial charge in [-0.05, 0) is 37.6 Å². The molecule has 0 spiro atoms. The first-order valence-corrected chi connectivity index (χ1v) is 13.3. The quantitative estimate of drug-likeness (QED) is 0.360. The van der Waals surface area contributed by atoms with E-state index in [1.165, 1.54) is 0 Å². The molecule has 0 bridgehead atoms. The Kier molecular flexibility index (Phi) is 6.78. The number of nitrogens with one attached hydrogen (secondary N) is 1. The predicted octanol–water partition coefficient (Wildman–Crippen LogP) is 4.24. The highest BCUT2D eigenvalue weighted by Gasteiger charge is 2.37. The van der Waals surface area contributed by atoms with Crippen LogP contribution in [0.5, 0.6) is 11.8 Å². The normalized spacial score (nSPS) is 15.4. The third-order valence-corrected chi connectivity index (χ3v) is 6.84. The van der Waals surface area contributed by atoms with Crippen LogP contribution in [-0.2, 0) is 24.8 Å². The zero-order chi connectivity index (χ0) is 28.6. The lowest BCUT2D eigenvalue weighted by molar-refractivity contribution is 0.00602. The molecule has 1 fully saturated rings. The van der Waals surface area contributed by atoms with Gasteiger partial charge in [0.15, 0.2) is 0 Å². The summed E-state index contributed by atoms with van der Waals surface area (Å²) in [6.07, 6.45) is 3.40. The Morgan fingerprint density at radius 2 is 1.90 bits per heavy atom. The number of ether oxygens (including phenoxy) is 3. The molecule has 0 radical (unpaired) electrons. The molecule has 0 saturated carbocycles. The number of aryl methyl sites for hydroxylation is 1. The Morgan fingerprint density at radius 1 is 1.10 bits per heavy atom. The third kappa shape index (κ3) is 5.84. The van der Waals surface area contributed by atoms with E-state index in [4.69, 9.17) is 14.2 Å². The summed E-state index contributed by atoms with van der Waals surface area (Å²) in [6, 6.07) is 16.6. The van der Waals surface area contributed by atoms with Crippen molar-refractivity contribution < 1.29 is 23.8 Å². The SMILES string of the molecule is Cn1cc(-c2cccc(NC(=O)c3cc4c(nc3OC3CN(C(=O)OCc5ccccc5)C3)OC(C)(C)C4)n2)cn1. The van der Waals surface area contributed by atoms with Gasteiger partial charge < -0.3 is 24.4 Å². The average Bonchev–Trinajstić information content (AvgIpc) is 3.50. The fourth-order valence-electron chi connectivity index (χ4n) is 4.78. The number of pyridine rings is 2. The van der Waals surface area contributed by atoms with E-state index in [1.54, 1.807) is 27.9 Å². The number of likely N-dealkylation sites (tertiary alicyclic amines) is 1. The number of carbonyl (C=O) groups excluding carboxylic acids is 2. The number of benzene rings is 1. The molecule has 2 aliphatic rings. The van der Waals surface area contributed by atoms with E-state index < -0.39 is 17.6 Å². The highest BCUT2D eigenvalue weighted by Crippen LogP contribution is 2.37. The monoisotopic (exact) mass is 554 g/mol. The largest absolute Gasteiger partial charge is 0.471 e. The summed E-state index contributed by atoms with van der Waals surface area (Å²) >= 11 is 0. The standard InChI is InChI=1S/C30H30N6O5/c1-30(2)13-20-12-23(26(37)33-25-11-7-10-24(32-25)21-14-31-35(3)15-21)28(34-27(20)41-30)40-22-16-36(17-22)29(38)39-18-19-8-5-4-6-9-19/h4-12,14-15,22H,13,16-18H2,1-3H3,(H,32,33,37). The zero-order valence-corrected chi connectivity index (χ0v) is 23.0. The van der Waals surface area contributed by atoms with Crippen molar-refractivity contribution in [3.05, 3.63) is 83.7 Å². The van der Waals surface area contributed by atoms with E-state index in [0.29, 0.717) is 36.9 Å². The highest BCUT2D eigenvalue weighted by atomic mass is 16.6. The number of anilines is 1. The van der Waals surface area contributed by atoms with Crippen LogP contribution in [0.2, 0.25) is 0 Å². The van der Waals surface area contributed by atoms with Gasteiger partial charge in [0.25, 0.3) is 5.91 Å². The molecule has 0 atom stereocenters. The van der Waals surface area contributed by atoms with Crippen molar-refractivity contribution in [3.8, 4) is 23.0 Å². The lowest BCUT2D eigenvalue weighted by Crippen LogP contribution is -2.56. The summed E-state index contributed by atoms with van der Waals surface area (Å²) in [6.45, 7) is 4.76. The summed E-state index contributed by atoms with van der Waals surface area (Å²) < 4.78 is 19.2. The second-order valence-corrected chi connectivity index (χ2v) is 10.8. The van der Waals surface area contributed by atoms with Crippen LogP contribution < -0.4 is 14.8 Å². The number of rotatable bonds is 7. The Bertz CT molecular complexity index is 1600. The highest BCUT2D eigenvalue weighted by molar-refractivity contribution is 6.05. The van der Waals surface area contributed by atoms with Crippen LogP contribution in [0.15, 0.2) is 67.0 Å². The van der Waals surface area contributed by atoms with Crippen molar-refractivity contribution in [2.45, 2.75) is 38.6 Å². The molecule has 2 amide bonds. The summed E-state index contributed by atoms with van der Waals surface area (Å²) in [5.41, 5.74) is 3.08. The Hall–Kier alpha value is -4.93. The predicted molar refractivity (Wildman–Crippen MR) is 150 cm³/mol. The summed E-state index contributed by atoms with van der Waals surface area (Å²) in [5.74, 6) is 0.561. The molecule has 11 heteroatoms. The summed E-state index contributed by atoms with van der Waals surface area (Å²) in [4.78, 5) is 36.7. The van der Waals surface area contributed by atoms with Gasteiger partial charge in [-0.15, -0.1) is 0 Å². The molecule has 11 nitrogen and oxygen atoms in total. The van der Waals surface area contributed by atoms with Crippen molar-refractivity contribution in [1.29, 1.82) is 0 Å². The lowest BCUT2D eigenvalue weighted by atomic mass is 10.0. The number of hydrogen-bond acceptors (Lipinski definition) is 8. The van der Waals surface area contributed by atoms with Gasteiger partial charge >= 0.3 is 6.09 Å². The van der Waals surface area contributed by atoms with Crippen LogP contribution in [0.4, 0.5) is 10.6 Å². The van der Waals surface area contributed by atoms with Gasteiger partial charge in [0.1, 0.15) is 29.7 Å². The fourth-order valence-corrected chi connectivity index (χ4v) is 4.78. The molecule has 3 aromatic heterocycles. The molecule has 41 heavy (non-hydrogen) atoms. The summed E-state index contributed by atoms with van der Waals surface area (Å²) in [5, 5.41) is 7.06. The third-order valence-electron chi connectivity index (χ3n) is 6.84. The van der Waals surface area contributed by atoms with Crippen LogP contribution in [0.1, 0.15) is 35.3 Å². The van der Waals surface area contributed by atoms with Crippen molar-refractivity contribution >= 4 is 17.8 Å². The first-order chi connectivity index (χ1) is 19.7. The molecule has 1 aromatic carbocycles. The second-order valence-electron chi connectivity index (χ2n) is 10.8. The lowest BCUT2D eigenvalue weighted by Gasteiger charge is -2.37. The van der Waals surface area contributed by atoms with Gasteiger partial charge in [-0.2, -0.15) is 10.1 Å². The van der Waals surface area contributed by atoms with E-state index in [9.17, 15) is 9.59 Å². The van der Waals surface area contributed by atoms with Crippen LogP contribution in [0, 0.1) is 0 Å². The van der Waals surface area contributed by atoms with Gasteiger partial charge in [-0.25, -0.2) is 9.78 Å². The minimum atomic E-state index is -0.447. The molecule has 2 aliphatic heterocycles. The summed E-state index contributed by atoms with van der Waals surface area (Å²) in [7, 11) is 1.83. The number of fused-ring (bicyclic) bond motifs is 1. The van der Waals surface area contributed by atoms with E-state index in [-0.39, 0.29) is 24.2 Å². The van der Waals surface area contributed by atoms with Crippen LogP contribution in [-0.4, -0.2) is 61.4 Å². The number of carbonyl (C=O) groups is 2. The molecule has 210 valence electrons. The van der Waals surface area contributed by atoms with Crippen molar-refractivity contribution in [3.63, 3.8) is 0 Å². The van der Waals surface area contributed by atoms with Crippen LogP contribution in [0.25, 0.3) is 11.3 Å². The number of aromatic nitrogens is 4. The van der Waals surface area contributed by atoms with E-state index in [0.717, 1.165) is 16.7 Å². The molecule has 4 aromatic rings.